The third-order valence-corrected chi connectivity index (χ3v) is 6.26. The van der Waals surface area contributed by atoms with E-state index in [0.717, 1.165) is 4.47 Å². The van der Waals surface area contributed by atoms with Crippen LogP contribution in [0.5, 0.6) is 11.5 Å². The lowest BCUT2D eigenvalue weighted by Gasteiger charge is -2.25. The van der Waals surface area contributed by atoms with Crippen LogP contribution in [0.3, 0.4) is 0 Å². The number of amides is 1. The van der Waals surface area contributed by atoms with E-state index in [1.807, 2.05) is 6.07 Å². The van der Waals surface area contributed by atoms with Crippen molar-refractivity contribution in [2.45, 2.75) is 11.0 Å². The number of hydrogen-bond donors (Lipinski definition) is 2. The van der Waals surface area contributed by atoms with E-state index in [4.69, 9.17) is 9.47 Å². The summed E-state index contributed by atoms with van der Waals surface area (Å²) < 4.78 is 39.7. The molecule has 1 aliphatic heterocycles. The number of ether oxygens (including phenoxy) is 2. The topological polar surface area (TPSA) is 93.7 Å². The normalized spacial score (nSPS) is 15.3. The lowest BCUT2D eigenvalue weighted by molar-refractivity contribution is -0.125. The standard InChI is InChI=1S/C21H17BrN2O5S/c22-14-5-7-16(8-6-14)24-30(26,27)17-11-9-15(10-12-17)23-21(25)20-13-28-18-3-1-2-4-19(18)29-20/h1-12,20,24H,13H2,(H,23,25)/t20-/m1/s1. The molecular weight excluding hydrogens is 472 g/mol. The molecule has 0 spiro atoms. The minimum atomic E-state index is -3.75. The van der Waals surface area contributed by atoms with Crippen molar-refractivity contribution in [3.63, 3.8) is 0 Å². The lowest BCUT2D eigenvalue weighted by Crippen LogP contribution is -2.40. The highest BCUT2D eigenvalue weighted by atomic mass is 79.9. The number of benzene rings is 3. The number of halogens is 1. The summed E-state index contributed by atoms with van der Waals surface area (Å²) in [5, 5.41) is 2.71. The van der Waals surface area contributed by atoms with E-state index >= 15 is 0 Å². The van der Waals surface area contributed by atoms with E-state index in [1.165, 1.54) is 24.3 Å². The second kappa shape index (κ2) is 8.37. The van der Waals surface area contributed by atoms with Crippen LogP contribution in [0.2, 0.25) is 0 Å². The molecule has 1 heterocycles. The molecule has 7 nitrogen and oxygen atoms in total. The zero-order valence-electron chi connectivity index (χ0n) is 15.5. The summed E-state index contributed by atoms with van der Waals surface area (Å²) in [4.78, 5) is 12.6. The van der Waals surface area contributed by atoms with E-state index in [2.05, 4.69) is 26.0 Å². The molecule has 0 radical (unpaired) electrons. The fraction of sp³-hybridized carbons (Fsp3) is 0.0952. The summed E-state index contributed by atoms with van der Waals surface area (Å²) in [6.45, 7) is 0.0897. The molecule has 1 atom stereocenters. The van der Waals surface area contributed by atoms with Gasteiger partial charge in [0.2, 0.25) is 6.10 Å². The Kier molecular flexibility index (Phi) is 5.65. The maximum Gasteiger partial charge on any atom is 0.269 e. The summed E-state index contributed by atoms with van der Waals surface area (Å²) in [7, 11) is -3.75. The molecule has 2 N–H and O–H groups in total. The highest BCUT2D eigenvalue weighted by Crippen LogP contribution is 2.31. The molecule has 0 saturated heterocycles. The highest BCUT2D eigenvalue weighted by molar-refractivity contribution is 9.10. The van der Waals surface area contributed by atoms with E-state index in [1.54, 1.807) is 42.5 Å². The van der Waals surface area contributed by atoms with Crippen LogP contribution in [0.4, 0.5) is 11.4 Å². The van der Waals surface area contributed by atoms with Crippen LogP contribution in [0.15, 0.2) is 82.2 Å². The summed E-state index contributed by atoms with van der Waals surface area (Å²) in [5.74, 6) is 0.715. The number of fused-ring (bicyclic) bond motifs is 1. The van der Waals surface area contributed by atoms with Gasteiger partial charge in [-0.25, -0.2) is 8.42 Å². The van der Waals surface area contributed by atoms with Crippen LogP contribution in [-0.2, 0) is 14.8 Å². The summed E-state index contributed by atoms with van der Waals surface area (Å²) in [5.41, 5.74) is 0.898. The average molecular weight is 489 g/mol. The molecule has 0 aliphatic carbocycles. The number of hydrogen-bond acceptors (Lipinski definition) is 5. The summed E-state index contributed by atoms with van der Waals surface area (Å²) in [6, 6.07) is 19.8. The van der Waals surface area contributed by atoms with Crippen LogP contribution in [0.25, 0.3) is 0 Å². The number of rotatable bonds is 5. The van der Waals surface area contributed by atoms with Gasteiger partial charge in [-0.2, -0.15) is 0 Å². The van der Waals surface area contributed by atoms with Crippen molar-refractivity contribution in [2.24, 2.45) is 0 Å². The first-order chi connectivity index (χ1) is 14.4. The number of anilines is 2. The minimum Gasteiger partial charge on any atom is -0.485 e. The lowest BCUT2D eigenvalue weighted by atomic mass is 10.2. The van der Waals surface area contributed by atoms with E-state index in [-0.39, 0.29) is 17.4 Å². The van der Waals surface area contributed by atoms with Gasteiger partial charge in [0.05, 0.1) is 4.90 Å². The first-order valence-electron chi connectivity index (χ1n) is 8.98. The molecular formula is C21H17BrN2O5S. The maximum atomic E-state index is 12.5. The van der Waals surface area contributed by atoms with Crippen LogP contribution in [-0.4, -0.2) is 27.0 Å². The number of carbonyl (C=O) groups is 1. The summed E-state index contributed by atoms with van der Waals surface area (Å²) in [6.07, 6.45) is -0.803. The Morgan fingerprint density at radius 1 is 0.900 bits per heavy atom. The molecule has 0 fully saturated rings. The molecule has 30 heavy (non-hydrogen) atoms. The first-order valence-corrected chi connectivity index (χ1v) is 11.3. The molecule has 0 bridgehead atoms. The molecule has 3 aromatic carbocycles. The number of carbonyl (C=O) groups excluding carboxylic acids is 1. The average Bonchev–Trinajstić information content (AvgIpc) is 2.75. The van der Waals surface area contributed by atoms with Crippen molar-refractivity contribution in [2.75, 3.05) is 16.6 Å². The molecule has 9 heteroatoms. The van der Waals surface area contributed by atoms with Gasteiger partial charge in [-0.3, -0.25) is 9.52 Å². The zero-order valence-corrected chi connectivity index (χ0v) is 17.9. The Balaban J connectivity index is 1.41. The monoisotopic (exact) mass is 488 g/mol. The minimum absolute atomic E-state index is 0.0783. The SMILES string of the molecule is O=C(Nc1ccc(S(=O)(=O)Nc2ccc(Br)cc2)cc1)[C@H]1COc2ccccc2O1. The Morgan fingerprint density at radius 3 is 2.23 bits per heavy atom. The first kappa shape index (κ1) is 20.2. The van der Waals surface area contributed by atoms with Crippen molar-refractivity contribution in [1.29, 1.82) is 0 Å². The predicted molar refractivity (Wildman–Crippen MR) is 116 cm³/mol. The smallest absolute Gasteiger partial charge is 0.269 e. The quantitative estimate of drug-likeness (QED) is 0.565. The van der Waals surface area contributed by atoms with Gasteiger partial charge in [0.25, 0.3) is 15.9 Å². The Morgan fingerprint density at radius 2 is 1.53 bits per heavy atom. The second-order valence-electron chi connectivity index (χ2n) is 6.49. The van der Waals surface area contributed by atoms with Crippen LogP contribution < -0.4 is 19.5 Å². The van der Waals surface area contributed by atoms with Gasteiger partial charge in [-0.1, -0.05) is 28.1 Å². The molecule has 0 saturated carbocycles. The molecule has 154 valence electrons. The van der Waals surface area contributed by atoms with Gasteiger partial charge in [0, 0.05) is 15.8 Å². The Bertz CT molecular complexity index is 1160. The van der Waals surface area contributed by atoms with Gasteiger partial charge in [-0.15, -0.1) is 0 Å². The largest absolute Gasteiger partial charge is 0.485 e. The fourth-order valence-corrected chi connectivity index (χ4v) is 4.14. The molecule has 4 rings (SSSR count). The van der Waals surface area contributed by atoms with Crippen LogP contribution in [0.1, 0.15) is 0 Å². The van der Waals surface area contributed by atoms with E-state index < -0.39 is 16.1 Å². The molecule has 3 aromatic rings. The zero-order chi connectivity index (χ0) is 21.1. The number of para-hydroxylation sites is 2. The van der Waals surface area contributed by atoms with Gasteiger partial charge in [0.15, 0.2) is 11.5 Å². The van der Waals surface area contributed by atoms with Crippen LogP contribution in [0, 0.1) is 0 Å². The van der Waals surface area contributed by atoms with Gasteiger partial charge in [0.1, 0.15) is 6.61 Å². The molecule has 0 unspecified atom stereocenters. The molecule has 1 amide bonds. The van der Waals surface area contributed by atoms with E-state index in [0.29, 0.717) is 22.9 Å². The van der Waals surface area contributed by atoms with Gasteiger partial charge in [-0.05, 0) is 60.7 Å². The molecule has 0 aromatic heterocycles. The van der Waals surface area contributed by atoms with Crippen molar-refractivity contribution >= 4 is 43.2 Å². The second-order valence-corrected chi connectivity index (χ2v) is 9.09. The van der Waals surface area contributed by atoms with E-state index in [9.17, 15) is 13.2 Å². The Hall–Kier alpha value is -3.04. The summed E-state index contributed by atoms with van der Waals surface area (Å²) >= 11 is 3.31. The van der Waals surface area contributed by atoms with Crippen molar-refractivity contribution in [1.82, 2.24) is 0 Å². The number of sulfonamides is 1. The third-order valence-electron chi connectivity index (χ3n) is 4.33. The fourth-order valence-electron chi connectivity index (χ4n) is 2.82. The predicted octanol–water partition coefficient (Wildman–Crippen LogP) is 4.03. The molecule has 1 aliphatic rings. The number of nitrogens with one attached hydrogen (secondary N) is 2. The van der Waals surface area contributed by atoms with Gasteiger partial charge < -0.3 is 14.8 Å². The Labute approximate surface area is 182 Å². The third kappa shape index (κ3) is 4.58. The van der Waals surface area contributed by atoms with Crippen LogP contribution >= 0.6 is 15.9 Å². The van der Waals surface area contributed by atoms with Crippen molar-refractivity contribution in [3.05, 3.63) is 77.3 Å². The van der Waals surface area contributed by atoms with Crippen molar-refractivity contribution < 1.29 is 22.7 Å². The van der Waals surface area contributed by atoms with Crippen molar-refractivity contribution in [3.8, 4) is 11.5 Å². The van der Waals surface area contributed by atoms with Gasteiger partial charge >= 0.3 is 0 Å². The maximum absolute atomic E-state index is 12.5. The highest BCUT2D eigenvalue weighted by Gasteiger charge is 2.27.